The number of rotatable bonds is 89. The summed E-state index contributed by atoms with van der Waals surface area (Å²) >= 11 is 0. The molecule has 0 aromatic rings. The summed E-state index contributed by atoms with van der Waals surface area (Å²) in [5.41, 5.74) is 1.12. The Morgan fingerprint density at radius 3 is 1.07 bits per heavy atom. The summed E-state index contributed by atoms with van der Waals surface area (Å²) in [5, 5.41) is 89.3. The van der Waals surface area contributed by atoms with Crippen LogP contribution >= 0.6 is 0 Å². The topological polar surface area (TPSA) is 489 Å². The highest BCUT2D eigenvalue weighted by Crippen LogP contribution is 2.67. The number of Topliss-reactive ketones (excluding diaryl/α,β-unsaturated/α-hetero) is 4. The average Bonchev–Trinajstić information content (AvgIpc) is 1.51. The van der Waals surface area contributed by atoms with Crippen molar-refractivity contribution < 1.29 is 184 Å². The summed E-state index contributed by atoms with van der Waals surface area (Å²) in [6.07, 6.45) is 8.64. The SMILES string of the molecule is CC(C)CCC[C@@H](C)C1CCC2C3CC=C4C[C@@H](OC(=O)CCOCCOCCC(=O)CC(COCCCOCCC(=O)CCCOCCOCCOCCOC5OC(CO)C(O)C(O)C5C)(COCCCOCCC(=O)CCCOCCOCCOCCOC5OC(CO)C(O)C(O)C5C)COCCCOCCC(=O)CCCOCCOCCOCCOC5OC(CO)C(O)C(O)C5C)CC[C@]4(C)C3CC[C@@]21C. The molecule has 38 heteroatoms. The molecular weight excluding hydrogens is 1880 g/mol. The molecule has 6 fully saturated rings. The minimum Gasteiger partial charge on any atom is -0.462 e. The lowest BCUT2D eigenvalue weighted by Gasteiger charge is -2.58. The Labute approximate surface area is 856 Å². The van der Waals surface area contributed by atoms with Crippen LogP contribution in [0.25, 0.3) is 0 Å². The molecule has 9 N–H and O–H groups in total. The van der Waals surface area contributed by atoms with Crippen LogP contribution in [0.3, 0.4) is 0 Å². The lowest BCUT2D eigenvalue weighted by atomic mass is 9.47. The van der Waals surface area contributed by atoms with Gasteiger partial charge in [-0.2, -0.15) is 0 Å². The summed E-state index contributed by atoms with van der Waals surface area (Å²) in [5.74, 6) is 2.85. The van der Waals surface area contributed by atoms with Gasteiger partial charge in [-0.3, -0.25) is 24.0 Å². The minimum atomic E-state index is -1.20. The first-order chi connectivity index (χ1) is 69.7. The molecule has 38 nitrogen and oxygen atoms in total. The Kier molecular flexibility index (Phi) is 66.1. The molecule has 4 aliphatic carbocycles. The second-order valence-electron chi connectivity index (χ2n) is 41.1. The zero-order chi connectivity index (χ0) is 104. The van der Waals surface area contributed by atoms with Crippen LogP contribution in [0.1, 0.15) is 222 Å². The molecule has 0 spiro atoms. The normalized spacial score (nSPS) is 28.7. The van der Waals surface area contributed by atoms with Crippen molar-refractivity contribution in [2.75, 3.05) is 264 Å². The predicted molar refractivity (Wildman–Crippen MR) is 527 cm³/mol. The van der Waals surface area contributed by atoms with Crippen LogP contribution < -0.4 is 0 Å². The van der Waals surface area contributed by atoms with Gasteiger partial charge in [-0.1, -0.05) is 86.3 Å². The fourth-order valence-corrected chi connectivity index (χ4v) is 21.0. The van der Waals surface area contributed by atoms with Crippen LogP contribution in [0, 0.1) is 69.5 Å². The van der Waals surface area contributed by atoms with Gasteiger partial charge in [-0.05, 0) is 130 Å². The first-order valence-corrected chi connectivity index (χ1v) is 54.2. The molecule has 0 aromatic heterocycles. The van der Waals surface area contributed by atoms with E-state index in [-0.39, 0.29) is 205 Å². The Bertz CT molecular complexity index is 3140. The molecule has 3 saturated carbocycles. The summed E-state index contributed by atoms with van der Waals surface area (Å²) in [4.78, 5) is 66.1. The molecule has 0 aromatic carbocycles. The Morgan fingerprint density at radius 1 is 0.361 bits per heavy atom. The number of fused-ring (bicyclic) bond motifs is 5. The molecule has 3 saturated heterocycles. The molecule has 3 heterocycles. The van der Waals surface area contributed by atoms with Gasteiger partial charge < -0.3 is 160 Å². The highest BCUT2D eigenvalue weighted by atomic mass is 16.7. The van der Waals surface area contributed by atoms with Gasteiger partial charge in [-0.25, -0.2) is 0 Å². The van der Waals surface area contributed by atoms with Gasteiger partial charge in [-0.15, -0.1) is 0 Å². The van der Waals surface area contributed by atoms with Gasteiger partial charge in [0.05, 0.1) is 230 Å². The number of aliphatic hydroxyl groups excluding tert-OH is 9. The number of ketones is 4. The van der Waals surface area contributed by atoms with E-state index in [1.165, 1.54) is 50.5 Å². The van der Waals surface area contributed by atoms with E-state index < -0.39 is 117 Å². The maximum absolute atomic E-state index is 14.3. The van der Waals surface area contributed by atoms with Crippen LogP contribution in [0.4, 0.5) is 0 Å². The summed E-state index contributed by atoms with van der Waals surface area (Å²) < 4.78 is 139. The van der Waals surface area contributed by atoms with Crippen LogP contribution in [0.2, 0.25) is 0 Å². The summed E-state index contributed by atoms with van der Waals surface area (Å²) in [7, 11) is 0. The number of carbonyl (C=O) groups is 5. The molecule has 0 bridgehead atoms. The fraction of sp³-hybridized carbons (Fsp3) is 0.934. The van der Waals surface area contributed by atoms with E-state index in [1.54, 1.807) is 20.8 Å². The third-order valence-electron chi connectivity index (χ3n) is 29.6. The average molecular weight is 2070 g/mol. The number of ether oxygens (including phenoxy) is 24. The van der Waals surface area contributed by atoms with Gasteiger partial charge in [0.1, 0.15) is 65.9 Å². The van der Waals surface area contributed by atoms with E-state index in [0.717, 1.165) is 55.3 Å². The van der Waals surface area contributed by atoms with Gasteiger partial charge >= 0.3 is 5.97 Å². The lowest BCUT2D eigenvalue weighted by Crippen LogP contribution is -2.55. The van der Waals surface area contributed by atoms with E-state index in [9.17, 15) is 69.9 Å². The molecule has 0 amide bonds. The molecular formula is C106H188O38. The fourth-order valence-electron chi connectivity index (χ4n) is 21.0. The second kappa shape index (κ2) is 74.6. The molecule has 3 aliphatic heterocycles. The number of esters is 1. The zero-order valence-corrected chi connectivity index (χ0v) is 88.3. The highest BCUT2D eigenvalue weighted by molar-refractivity contribution is 5.80. The van der Waals surface area contributed by atoms with E-state index in [2.05, 4.69) is 40.7 Å². The summed E-state index contributed by atoms with van der Waals surface area (Å²) in [6.45, 7) is 26.1. The molecule has 7 aliphatic rings. The predicted octanol–water partition coefficient (Wildman–Crippen LogP) is 7.61. The molecule has 0 radical (unpaired) electrons. The summed E-state index contributed by atoms with van der Waals surface area (Å²) in [6, 6.07) is 0. The molecule has 840 valence electrons. The van der Waals surface area contributed by atoms with Crippen molar-refractivity contribution in [3.05, 3.63) is 11.6 Å². The van der Waals surface area contributed by atoms with E-state index in [4.69, 9.17) is 114 Å². The van der Waals surface area contributed by atoms with Crippen LogP contribution in [-0.2, 0) is 138 Å². The Hall–Kier alpha value is -3.39. The number of allylic oxidation sites excluding steroid dienone is 1. The maximum atomic E-state index is 14.3. The third kappa shape index (κ3) is 47.7. The van der Waals surface area contributed by atoms with Crippen LogP contribution in [0.5, 0.6) is 0 Å². The zero-order valence-electron chi connectivity index (χ0n) is 88.3. The van der Waals surface area contributed by atoms with Gasteiger partial charge in [0, 0.05) is 140 Å². The van der Waals surface area contributed by atoms with Gasteiger partial charge in [0.25, 0.3) is 0 Å². The Balaban J connectivity index is 0.812. The van der Waals surface area contributed by atoms with Crippen molar-refractivity contribution in [1.29, 1.82) is 0 Å². The monoisotopic (exact) mass is 2070 g/mol. The lowest BCUT2D eigenvalue weighted by molar-refractivity contribution is -0.284. The maximum Gasteiger partial charge on any atom is 0.308 e. The molecule has 144 heavy (non-hydrogen) atoms. The van der Waals surface area contributed by atoms with Crippen molar-refractivity contribution in [3.8, 4) is 0 Å². The standard InChI is InChI=1S/C106H188O38/c1-76(2)16-9-17-77(3)88-23-24-89-87-22-21-81-68-86(25-32-104(81,7)90(87)26-33-105(88,89)8)141-94(114)31-47-128-52-51-127-46-30-85(113)69-106(73-135-40-13-37-121-43-27-82(110)18-10-34-124-48-53-129-56-59-132-62-65-138-101-78(4)95(115)98(118)91(70-107)142-101,74-136-41-14-38-122-44-28-83(111)19-11-35-125-49-54-130-57-60-133-63-66-139-102-79(5)96(116)99(119)92(71-108)143-102)75-137-42-15-39-123-45-29-84(112)20-12-36-126-50-55-131-58-61-134-64-67-140-103-80(6)97(117)100(120)93(72-109)144-103/h21,76-80,86-93,95-103,107-109,115-120H,9-20,22-75H2,1-8H3/t77-,78?,79?,80?,86+,87?,88?,89?,90?,91?,92?,93?,95?,96?,97?,98?,99?,100?,101?,102?,103?,104+,105-,106?/m1/s1. The van der Waals surface area contributed by atoms with Crippen molar-refractivity contribution in [2.45, 2.75) is 302 Å². The third-order valence-corrected chi connectivity index (χ3v) is 29.6. The largest absolute Gasteiger partial charge is 0.462 e. The van der Waals surface area contributed by atoms with Crippen LogP contribution in [0.15, 0.2) is 11.6 Å². The smallest absolute Gasteiger partial charge is 0.308 e. The van der Waals surface area contributed by atoms with E-state index in [0.29, 0.717) is 188 Å². The Morgan fingerprint density at radius 2 is 0.694 bits per heavy atom. The second-order valence-corrected chi connectivity index (χ2v) is 41.1. The number of hydrogen-bond acceptors (Lipinski definition) is 38. The first-order valence-electron chi connectivity index (χ1n) is 54.2. The molecule has 19 unspecified atom stereocenters. The van der Waals surface area contributed by atoms with Gasteiger partial charge in [0.2, 0.25) is 0 Å². The van der Waals surface area contributed by atoms with Crippen molar-refractivity contribution in [2.24, 2.45) is 69.5 Å². The number of hydrogen-bond donors (Lipinski definition) is 9. The van der Waals surface area contributed by atoms with Crippen LogP contribution in [-0.4, -0.2) is 419 Å². The number of carbonyl (C=O) groups excluding carboxylic acids is 5. The van der Waals surface area contributed by atoms with E-state index in [1.807, 2.05) is 0 Å². The first kappa shape index (κ1) is 128. The van der Waals surface area contributed by atoms with E-state index >= 15 is 0 Å². The van der Waals surface area contributed by atoms with Crippen molar-refractivity contribution in [1.82, 2.24) is 0 Å². The highest BCUT2D eigenvalue weighted by Gasteiger charge is 2.60. The van der Waals surface area contributed by atoms with Gasteiger partial charge in [0.15, 0.2) is 18.9 Å². The molecule has 23 atom stereocenters. The van der Waals surface area contributed by atoms with Crippen molar-refractivity contribution >= 4 is 29.1 Å². The minimum absolute atomic E-state index is 0.0289. The van der Waals surface area contributed by atoms with Crippen molar-refractivity contribution in [3.63, 3.8) is 0 Å². The quantitative estimate of drug-likeness (QED) is 0.0161. The number of aliphatic hydroxyl groups is 9. The molecule has 7 rings (SSSR count).